The number of ether oxygens (including phenoxy) is 6. The molecule has 6 unspecified atom stereocenters. The van der Waals surface area contributed by atoms with Crippen LogP contribution in [0.5, 0.6) is 17.2 Å². The van der Waals surface area contributed by atoms with Crippen molar-refractivity contribution in [1.29, 1.82) is 0 Å². The van der Waals surface area contributed by atoms with Crippen LogP contribution in [0.2, 0.25) is 0 Å². The SMILES string of the molecule is COc1ccc2c(OC(=O)N(CCN(C)C(=O)OCc3ccc(OC4OC(C(=O)O)C(O)C(O)C4O)cc3)Cc3cn(CCCCCCCCCCCNC(=O)CCN4C(=O)CC(S)C4=O)nn3)cc3c(c2c1)[C@H](CCl)CN3C(=O)c1cc2cc(CC(=O)CCN3CCOCC3)ccc2[se]1. The molecule has 0 bridgehead atoms. The number of benzene rings is 4. The second kappa shape index (κ2) is 35.8. The van der Waals surface area contributed by atoms with Gasteiger partial charge in [0, 0.05) is 39.5 Å². The Bertz CT molecular complexity index is 3870. The summed E-state index contributed by atoms with van der Waals surface area (Å²) < 4.78 is 37.4. The predicted octanol–water partition coefficient (Wildman–Crippen LogP) is 6.08. The summed E-state index contributed by atoms with van der Waals surface area (Å²) in [5.41, 5.74) is 3.19. The Labute approximate surface area is 595 Å². The maximum absolute atomic E-state index is 14.9. The monoisotopic (exact) mass is 1490 g/mol. The van der Waals surface area contributed by atoms with Crippen molar-refractivity contribution in [2.24, 2.45) is 0 Å². The molecule has 27 nitrogen and oxygen atoms in total. The van der Waals surface area contributed by atoms with Gasteiger partial charge in [-0.15, -0.1) is 0 Å². The normalized spacial score (nSPS) is 20.0. The molecule has 4 aliphatic heterocycles. The molecular weight excluding hydrogens is 1400 g/mol. The van der Waals surface area contributed by atoms with E-state index in [1.165, 1.54) is 29.0 Å². The first kappa shape index (κ1) is 75.0. The van der Waals surface area contributed by atoms with Gasteiger partial charge in [-0.25, -0.2) is 9.59 Å². The third-order valence-electron chi connectivity index (χ3n) is 18.3. The minimum atomic E-state index is -1.89. The number of hydrogen-bond donors (Lipinski definition) is 6. The van der Waals surface area contributed by atoms with E-state index in [2.05, 4.69) is 33.2 Å². The molecule has 100 heavy (non-hydrogen) atoms. The number of carbonyl (C=O) groups excluding carboxylic acids is 7. The fourth-order valence-corrected chi connectivity index (χ4v) is 15.2. The van der Waals surface area contributed by atoms with E-state index in [0.717, 1.165) is 96.6 Å². The summed E-state index contributed by atoms with van der Waals surface area (Å²) in [7, 11) is 3.06. The number of carbonyl (C=O) groups is 8. The zero-order valence-corrected chi connectivity index (χ0v) is 59.3. The third-order valence-corrected chi connectivity index (χ3v) is 21.4. The van der Waals surface area contributed by atoms with Crippen molar-refractivity contribution in [1.82, 2.24) is 39.9 Å². The Morgan fingerprint density at radius 2 is 1.52 bits per heavy atom. The quantitative estimate of drug-likeness (QED) is 0.00876. The molecule has 30 heteroatoms. The molecular formula is C70H86ClN9O18SSe. The number of aromatic nitrogens is 3. The topological polar surface area (TPSA) is 332 Å². The average molecular weight is 1490 g/mol. The van der Waals surface area contributed by atoms with Crippen molar-refractivity contribution in [3.63, 3.8) is 0 Å². The Morgan fingerprint density at radius 1 is 0.800 bits per heavy atom. The molecule has 5 N–H and O–H groups in total. The number of carboxylic acids is 1. The Morgan fingerprint density at radius 3 is 2.23 bits per heavy atom. The zero-order valence-electron chi connectivity index (χ0n) is 56.0. The van der Waals surface area contributed by atoms with Crippen molar-refractivity contribution in [3.8, 4) is 17.2 Å². The number of amides is 6. The van der Waals surface area contributed by atoms with Gasteiger partial charge in [0.05, 0.1) is 5.25 Å². The van der Waals surface area contributed by atoms with Crippen LogP contribution < -0.4 is 24.4 Å². The number of likely N-dealkylation sites (tertiary alicyclic amines) is 1. The second-order valence-electron chi connectivity index (χ2n) is 25.5. The maximum atomic E-state index is 14.9. The van der Waals surface area contributed by atoms with Crippen LogP contribution in [0.1, 0.15) is 115 Å². The number of aliphatic hydroxyl groups excluding tert-OH is 3. The van der Waals surface area contributed by atoms with E-state index in [1.807, 2.05) is 30.3 Å². The van der Waals surface area contributed by atoms with E-state index in [1.54, 1.807) is 53.2 Å². The number of fused-ring (bicyclic) bond motifs is 4. The van der Waals surface area contributed by atoms with Crippen LogP contribution in [0.3, 0.4) is 0 Å². The summed E-state index contributed by atoms with van der Waals surface area (Å²) >= 11 is 10.5. The number of hydrogen-bond acceptors (Lipinski definition) is 21. The molecule has 0 saturated carbocycles. The molecule has 6 aromatic rings. The molecule has 0 radical (unpaired) electrons. The number of likely N-dealkylation sites (N-methyl/N-ethyl adjacent to an activating group) is 1. The molecule has 3 fully saturated rings. The van der Waals surface area contributed by atoms with E-state index in [0.29, 0.717) is 83.6 Å². The number of nitrogens with zero attached hydrogens (tertiary/aromatic N) is 8. The molecule has 4 aromatic carbocycles. The van der Waals surface area contributed by atoms with Crippen LogP contribution in [0, 0.1) is 0 Å². The van der Waals surface area contributed by atoms with Gasteiger partial charge in [0.1, 0.15) is 30.7 Å². The number of halogens is 1. The number of methoxy groups -OCH3 is 1. The van der Waals surface area contributed by atoms with Gasteiger partial charge in [0.25, 0.3) is 0 Å². The van der Waals surface area contributed by atoms with Crippen LogP contribution in [0.25, 0.3) is 20.4 Å². The number of aryl methyl sites for hydroxylation is 1. The van der Waals surface area contributed by atoms with E-state index >= 15 is 0 Å². The number of morpholine rings is 1. The minimum absolute atomic E-state index is 0.0329. The summed E-state index contributed by atoms with van der Waals surface area (Å²) in [6.45, 7) is 4.73. The van der Waals surface area contributed by atoms with Crippen molar-refractivity contribution >= 4 is 112 Å². The van der Waals surface area contributed by atoms with Gasteiger partial charge in [-0.05, 0) is 30.5 Å². The van der Waals surface area contributed by atoms with Crippen molar-refractivity contribution in [3.05, 3.63) is 106 Å². The summed E-state index contributed by atoms with van der Waals surface area (Å²) in [6, 6.07) is 21.0. The molecule has 6 amide bonds. The van der Waals surface area contributed by atoms with Gasteiger partial charge in [-0.3, -0.25) is 24.0 Å². The first-order valence-corrected chi connectivity index (χ1v) is 36.6. The number of aliphatic carboxylic acids is 1. The van der Waals surface area contributed by atoms with Crippen LogP contribution in [0.4, 0.5) is 15.3 Å². The first-order chi connectivity index (χ1) is 48.2. The fraction of sp³-hybridized carbons (Fsp3) is 0.514. The van der Waals surface area contributed by atoms with Crippen molar-refractivity contribution in [2.45, 2.75) is 145 Å². The fourth-order valence-electron chi connectivity index (χ4n) is 12.6. The van der Waals surface area contributed by atoms with Crippen LogP contribution >= 0.6 is 24.2 Å². The molecule has 0 spiro atoms. The van der Waals surface area contributed by atoms with Crippen LogP contribution in [0.15, 0.2) is 79.0 Å². The number of imide groups is 1. The molecule has 10 rings (SSSR count). The standard InChI is InChI=1S/C70H86ClN9O18SSe/c1-75(69(91)95-42-43-12-15-49(16-13-43)96-68-63(86)61(84)62(85)64(98-68)67(89)90)26-27-77(40-47-41-78(74-73-47)23-11-9-7-5-3-4-6-8-10-22-72-58(82)21-25-79-59(83)37-55(99)65(79)87)70(92)97-54-36-53-60(52-35-50(93-2)17-18-51(52)54)46(38-71)39-80(53)66(88)57-34-45-32-44(14-19-56(45)100-57)33-48(81)20-24-76-28-30-94-31-29-76/h12-19,32,34-36,41,46,55,61-64,68,84-86,99H,3-11,20-31,33,37-40,42H2,1-2H3,(H,72,82)(H,89,90)/t46-,55?,61?,62?,63?,64?,68?/m1/s1. The number of thiol groups is 1. The predicted molar refractivity (Wildman–Crippen MR) is 371 cm³/mol. The molecule has 0 aliphatic carbocycles. The molecule has 7 atom stereocenters. The second-order valence-corrected chi connectivity index (χ2v) is 28.7. The van der Waals surface area contributed by atoms with Gasteiger partial charge in [-0.2, -0.15) is 12.6 Å². The number of ketones is 1. The molecule has 4 aliphatic rings. The number of alkyl halides is 1. The van der Waals surface area contributed by atoms with Gasteiger partial charge in [0.2, 0.25) is 24.0 Å². The molecule has 2 aromatic heterocycles. The van der Waals surface area contributed by atoms with Crippen molar-refractivity contribution in [2.75, 3.05) is 90.5 Å². The number of unbranched alkanes of at least 4 members (excludes halogenated alkanes) is 8. The summed E-state index contributed by atoms with van der Waals surface area (Å²) in [5, 5.41) is 53.4. The zero-order chi connectivity index (χ0) is 71.0. The average Bonchev–Trinajstić information content (AvgIpc) is 1.55. The van der Waals surface area contributed by atoms with Gasteiger partial charge >= 0.3 is 314 Å². The first-order valence-electron chi connectivity index (χ1n) is 33.8. The molecule has 3 saturated heterocycles. The molecule has 6 heterocycles. The van der Waals surface area contributed by atoms with Gasteiger partial charge in [-0.1, -0.05) is 62.3 Å². The van der Waals surface area contributed by atoms with Crippen LogP contribution in [-0.4, -0.2) is 239 Å². The van der Waals surface area contributed by atoms with E-state index in [9.17, 15) is 58.8 Å². The Hall–Kier alpha value is -7.70. The summed E-state index contributed by atoms with van der Waals surface area (Å²) in [5.74, 6) is -1.76. The van der Waals surface area contributed by atoms with E-state index < -0.39 is 54.1 Å². The summed E-state index contributed by atoms with van der Waals surface area (Å²) in [6.07, 6.45) is 1.04. The number of aliphatic hydroxyl groups is 3. The Balaban J connectivity index is 0.775. The number of nitrogens with one attached hydrogen (secondary N) is 1. The number of anilines is 1. The molecule has 538 valence electrons. The van der Waals surface area contributed by atoms with E-state index in [-0.39, 0.29) is 119 Å². The third kappa shape index (κ3) is 19.5. The van der Waals surface area contributed by atoms with Crippen molar-refractivity contribution < 1.29 is 87.2 Å². The van der Waals surface area contributed by atoms with Gasteiger partial charge < -0.3 is 40.0 Å². The number of carboxylic acid groups (broad SMARTS) is 1. The van der Waals surface area contributed by atoms with Crippen LogP contribution in [-0.2, 0) is 64.3 Å². The Kier molecular flexibility index (Phi) is 26.8. The summed E-state index contributed by atoms with van der Waals surface area (Å²) in [4.78, 5) is 112. The van der Waals surface area contributed by atoms with Gasteiger partial charge in [0.15, 0.2) is 6.10 Å². The number of rotatable bonds is 34. The number of Topliss-reactive ketones (excluding diaryl/α,β-unsaturated/α-hetero) is 1. The van der Waals surface area contributed by atoms with E-state index in [4.69, 9.17) is 40.0 Å².